The molecule has 5 nitrogen and oxygen atoms in total. The van der Waals surface area contributed by atoms with Crippen LogP contribution in [-0.4, -0.2) is 33.3 Å². The van der Waals surface area contributed by atoms with Gasteiger partial charge in [-0.15, -0.1) is 0 Å². The van der Waals surface area contributed by atoms with Crippen molar-refractivity contribution >= 4 is 11.7 Å². The third-order valence-corrected chi connectivity index (χ3v) is 4.45. The Kier molecular flexibility index (Phi) is 5.61. The van der Waals surface area contributed by atoms with Crippen LogP contribution in [0.25, 0.3) is 0 Å². The summed E-state index contributed by atoms with van der Waals surface area (Å²) in [6.07, 6.45) is 0.883. The minimum Gasteiger partial charge on any atom is -0.493 e. The summed E-state index contributed by atoms with van der Waals surface area (Å²) in [6, 6.07) is 12.7. The van der Waals surface area contributed by atoms with E-state index in [-0.39, 0.29) is 24.3 Å². The van der Waals surface area contributed by atoms with Crippen LogP contribution in [0.15, 0.2) is 42.5 Å². The van der Waals surface area contributed by atoms with Crippen molar-refractivity contribution in [3.63, 3.8) is 0 Å². The quantitative estimate of drug-likeness (QED) is 0.865. The number of hydrogen-bond acceptors (Lipinski definition) is 3. The second-order valence-electron chi connectivity index (χ2n) is 6.73. The molecule has 0 aromatic heterocycles. The molecule has 0 radical (unpaired) electrons. The Morgan fingerprint density at radius 3 is 2.81 bits per heavy atom. The summed E-state index contributed by atoms with van der Waals surface area (Å²) in [7, 11) is 3.58. The lowest BCUT2D eigenvalue weighted by atomic mass is 9.97. The van der Waals surface area contributed by atoms with Crippen LogP contribution in [0.4, 0.5) is 14.9 Å². The lowest BCUT2D eigenvalue weighted by Crippen LogP contribution is -2.40. The molecule has 1 unspecified atom stereocenters. The van der Waals surface area contributed by atoms with E-state index >= 15 is 0 Å². The fourth-order valence-electron chi connectivity index (χ4n) is 3.03. The molecule has 0 bridgehead atoms. The smallest absolute Gasteiger partial charge is 0.315 e. The Bertz CT molecular complexity index is 779. The monoisotopic (exact) mass is 357 g/mol. The predicted molar refractivity (Wildman–Crippen MR) is 100 cm³/mol. The lowest BCUT2D eigenvalue weighted by Gasteiger charge is -2.25. The van der Waals surface area contributed by atoms with Crippen molar-refractivity contribution in [2.24, 2.45) is 5.92 Å². The Morgan fingerprint density at radius 2 is 2.04 bits per heavy atom. The Balaban J connectivity index is 1.44. The molecular weight excluding hydrogens is 333 g/mol. The summed E-state index contributed by atoms with van der Waals surface area (Å²) in [5.41, 5.74) is 2.41. The molecule has 1 atom stereocenters. The standard InChI is InChI=1S/C20H24FN3O2/c1-24(2)18-8-7-14(10-17(18)21)11-22-20(25)23-12-15-9-16-5-3-4-6-19(16)26-13-15/h3-8,10,15H,9,11-13H2,1-2H3,(H2,22,23,25). The molecule has 0 fully saturated rings. The highest BCUT2D eigenvalue weighted by Crippen LogP contribution is 2.26. The molecule has 0 aliphatic carbocycles. The maximum atomic E-state index is 14.0. The van der Waals surface area contributed by atoms with Gasteiger partial charge in [-0.25, -0.2) is 9.18 Å². The number of carbonyl (C=O) groups is 1. The molecule has 2 amide bonds. The van der Waals surface area contributed by atoms with Gasteiger partial charge >= 0.3 is 6.03 Å². The van der Waals surface area contributed by atoms with E-state index in [4.69, 9.17) is 4.74 Å². The number of halogens is 1. The molecule has 138 valence electrons. The topological polar surface area (TPSA) is 53.6 Å². The molecule has 26 heavy (non-hydrogen) atoms. The number of anilines is 1. The van der Waals surface area contributed by atoms with E-state index in [1.54, 1.807) is 25.1 Å². The van der Waals surface area contributed by atoms with Gasteiger partial charge in [0, 0.05) is 33.1 Å². The number of fused-ring (bicyclic) bond motifs is 1. The molecule has 2 N–H and O–H groups in total. The molecule has 0 saturated carbocycles. The van der Waals surface area contributed by atoms with Gasteiger partial charge in [-0.05, 0) is 35.7 Å². The Hall–Kier alpha value is -2.76. The molecule has 0 saturated heterocycles. The van der Waals surface area contributed by atoms with Crippen LogP contribution in [0, 0.1) is 11.7 Å². The molecule has 2 aromatic carbocycles. The van der Waals surface area contributed by atoms with Crippen molar-refractivity contribution in [3.05, 3.63) is 59.4 Å². The highest BCUT2D eigenvalue weighted by molar-refractivity contribution is 5.73. The van der Waals surface area contributed by atoms with E-state index in [2.05, 4.69) is 10.6 Å². The van der Waals surface area contributed by atoms with Crippen LogP contribution in [0.5, 0.6) is 5.75 Å². The van der Waals surface area contributed by atoms with Crippen molar-refractivity contribution < 1.29 is 13.9 Å². The summed E-state index contributed by atoms with van der Waals surface area (Å²) >= 11 is 0. The number of benzene rings is 2. The third-order valence-electron chi connectivity index (χ3n) is 4.45. The zero-order valence-electron chi connectivity index (χ0n) is 15.1. The van der Waals surface area contributed by atoms with E-state index in [1.807, 2.05) is 30.3 Å². The minimum absolute atomic E-state index is 0.243. The first-order valence-electron chi connectivity index (χ1n) is 8.71. The predicted octanol–water partition coefficient (Wildman–Crippen LogP) is 2.94. The van der Waals surface area contributed by atoms with E-state index in [0.29, 0.717) is 18.8 Å². The van der Waals surface area contributed by atoms with Crippen molar-refractivity contribution in [3.8, 4) is 5.75 Å². The molecular formula is C20H24FN3O2. The first-order chi connectivity index (χ1) is 12.5. The number of nitrogens with zero attached hydrogens (tertiary/aromatic N) is 1. The summed E-state index contributed by atoms with van der Waals surface area (Å²) in [6.45, 7) is 1.41. The van der Waals surface area contributed by atoms with E-state index < -0.39 is 0 Å². The van der Waals surface area contributed by atoms with E-state index in [1.165, 1.54) is 11.6 Å². The van der Waals surface area contributed by atoms with Gasteiger partial charge in [-0.1, -0.05) is 24.3 Å². The first-order valence-corrected chi connectivity index (χ1v) is 8.71. The highest BCUT2D eigenvalue weighted by Gasteiger charge is 2.19. The molecule has 2 aromatic rings. The van der Waals surface area contributed by atoms with Crippen molar-refractivity contribution in [2.75, 3.05) is 32.1 Å². The van der Waals surface area contributed by atoms with Crippen LogP contribution < -0.4 is 20.3 Å². The van der Waals surface area contributed by atoms with Gasteiger partial charge in [0.25, 0.3) is 0 Å². The fraction of sp³-hybridized carbons (Fsp3) is 0.350. The SMILES string of the molecule is CN(C)c1ccc(CNC(=O)NCC2COc3ccccc3C2)cc1F. The number of carbonyl (C=O) groups excluding carboxylic acids is 1. The zero-order valence-corrected chi connectivity index (χ0v) is 15.1. The van der Waals surface area contributed by atoms with Crippen LogP contribution >= 0.6 is 0 Å². The Labute approximate surface area is 153 Å². The number of hydrogen-bond donors (Lipinski definition) is 2. The molecule has 0 spiro atoms. The minimum atomic E-state index is -0.298. The van der Waals surface area contributed by atoms with Crippen molar-refractivity contribution in [1.82, 2.24) is 10.6 Å². The number of urea groups is 1. The number of rotatable bonds is 5. The van der Waals surface area contributed by atoms with Crippen LogP contribution in [0.2, 0.25) is 0 Å². The van der Waals surface area contributed by atoms with Crippen LogP contribution in [-0.2, 0) is 13.0 Å². The Morgan fingerprint density at radius 1 is 1.23 bits per heavy atom. The van der Waals surface area contributed by atoms with Crippen molar-refractivity contribution in [2.45, 2.75) is 13.0 Å². The molecule has 1 aliphatic heterocycles. The third kappa shape index (κ3) is 4.45. The summed E-state index contributed by atoms with van der Waals surface area (Å²) in [4.78, 5) is 13.7. The van der Waals surface area contributed by atoms with Gasteiger partial charge in [-0.3, -0.25) is 0 Å². The van der Waals surface area contributed by atoms with Gasteiger partial charge < -0.3 is 20.3 Å². The van der Waals surface area contributed by atoms with Crippen molar-refractivity contribution in [1.29, 1.82) is 0 Å². The number of amides is 2. The second kappa shape index (κ2) is 8.08. The van der Waals surface area contributed by atoms with Crippen LogP contribution in [0.1, 0.15) is 11.1 Å². The number of para-hydroxylation sites is 1. The zero-order chi connectivity index (χ0) is 18.5. The maximum absolute atomic E-state index is 14.0. The number of nitrogens with one attached hydrogen (secondary N) is 2. The van der Waals surface area contributed by atoms with Crippen LogP contribution in [0.3, 0.4) is 0 Å². The van der Waals surface area contributed by atoms with Gasteiger partial charge in [0.1, 0.15) is 11.6 Å². The molecule has 1 heterocycles. The first kappa shape index (κ1) is 18.0. The average molecular weight is 357 g/mol. The maximum Gasteiger partial charge on any atom is 0.315 e. The molecule has 6 heteroatoms. The molecule has 1 aliphatic rings. The highest BCUT2D eigenvalue weighted by atomic mass is 19.1. The lowest BCUT2D eigenvalue weighted by molar-refractivity contribution is 0.211. The van der Waals surface area contributed by atoms with Gasteiger partial charge in [0.2, 0.25) is 0 Å². The summed E-state index contributed by atoms with van der Waals surface area (Å²) in [5, 5.41) is 5.63. The largest absolute Gasteiger partial charge is 0.493 e. The van der Waals surface area contributed by atoms with Gasteiger partial charge in [-0.2, -0.15) is 0 Å². The van der Waals surface area contributed by atoms with Gasteiger partial charge in [0.15, 0.2) is 0 Å². The summed E-state index contributed by atoms with van der Waals surface area (Å²) in [5.74, 6) is 0.872. The fourth-order valence-corrected chi connectivity index (χ4v) is 3.03. The molecule has 3 rings (SSSR count). The number of ether oxygens (including phenoxy) is 1. The second-order valence-corrected chi connectivity index (χ2v) is 6.73. The van der Waals surface area contributed by atoms with Gasteiger partial charge in [0.05, 0.1) is 12.3 Å². The van der Waals surface area contributed by atoms with E-state index in [9.17, 15) is 9.18 Å². The normalized spacial score (nSPS) is 15.6. The summed E-state index contributed by atoms with van der Waals surface area (Å²) < 4.78 is 19.7. The average Bonchev–Trinajstić information content (AvgIpc) is 2.64. The van der Waals surface area contributed by atoms with E-state index in [0.717, 1.165) is 17.7 Å².